The molecule has 2 amide bonds. The van der Waals surface area contributed by atoms with E-state index >= 15 is 0 Å². The summed E-state index contributed by atoms with van der Waals surface area (Å²) in [6, 6.07) is 13.3. The van der Waals surface area contributed by atoms with Gasteiger partial charge in [0.25, 0.3) is 5.91 Å². The standard InChI is InChI=1S/C18H15BrN2O4/c1-20-15(12-9-10(19)7-8-13(12)22)14-16(25-20)18(24)21(17(14)23)11-5-3-2-4-6-11/h2-9,14-16,22H,1H3. The summed E-state index contributed by atoms with van der Waals surface area (Å²) in [6.07, 6.45) is -0.888. The van der Waals surface area contributed by atoms with Gasteiger partial charge in [0.1, 0.15) is 5.75 Å². The molecule has 2 saturated heterocycles. The zero-order valence-electron chi connectivity index (χ0n) is 13.3. The van der Waals surface area contributed by atoms with Crippen LogP contribution in [-0.2, 0) is 14.4 Å². The van der Waals surface area contributed by atoms with Crippen LogP contribution >= 0.6 is 15.9 Å². The molecule has 4 rings (SSSR count). The molecule has 3 atom stereocenters. The summed E-state index contributed by atoms with van der Waals surface area (Å²) in [6.45, 7) is 0. The van der Waals surface area contributed by atoms with Crippen molar-refractivity contribution in [2.75, 3.05) is 11.9 Å². The number of imide groups is 1. The minimum Gasteiger partial charge on any atom is -0.508 e. The second-order valence-corrected chi connectivity index (χ2v) is 7.01. The highest BCUT2D eigenvalue weighted by Crippen LogP contribution is 2.47. The van der Waals surface area contributed by atoms with Crippen LogP contribution in [0.3, 0.4) is 0 Å². The molecule has 6 nitrogen and oxygen atoms in total. The number of hydrogen-bond acceptors (Lipinski definition) is 5. The van der Waals surface area contributed by atoms with Crippen molar-refractivity contribution < 1.29 is 19.5 Å². The number of carbonyl (C=O) groups is 2. The Morgan fingerprint density at radius 3 is 2.52 bits per heavy atom. The van der Waals surface area contributed by atoms with Crippen molar-refractivity contribution in [3.63, 3.8) is 0 Å². The van der Waals surface area contributed by atoms with Crippen molar-refractivity contribution in [2.24, 2.45) is 5.92 Å². The van der Waals surface area contributed by atoms with Gasteiger partial charge in [-0.05, 0) is 30.3 Å². The van der Waals surface area contributed by atoms with Gasteiger partial charge < -0.3 is 5.11 Å². The Hall–Kier alpha value is -2.22. The molecule has 2 aliphatic rings. The van der Waals surface area contributed by atoms with E-state index in [1.807, 2.05) is 6.07 Å². The molecule has 1 N–H and O–H groups in total. The van der Waals surface area contributed by atoms with Gasteiger partial charge in [-0.3, -0.25) is 14.4 Å². The highest BCUT2D eigenvalue weighted by Gasteiger charge is 2.59. The van der Waals surface area contributed by atoms with E-state index in [0.717, 1.165) is 4.47 Å². The van der Waals surface area contributed by atoms with E-state index in [1.165, 1.54) is 9.96 Å². The summed E-state index contributed by atoms with van der Waals surface area (Å²) in [5.74, 6) is -1.36. The first-order chi connectivity index (χ1) is 12.0. The number of benzene rings is 2. The first-order valence-corrected chi connectivity index (χ1v) is 8.59. The Bertz CT molecular complexity index is 857. The van der Waals surface area contributed by atoms with Crippen molar-refractivity contribution in [1.82, 2.24) is 5.06 Å². The Morgan fingerprint density at radius 2 is 1.80 bits per heavy atom. The van der Waals surface area contributed by atoms with E-state index in [4.69, 9.17) is 4.84 Å². The number of amides is 2. The molecule has 0 saturated carbocycles. The van der Waals surface area contributed by atoms with Gasteiger partial charge in [0, 0.05) is 17.1 Å². The fourth-order valence-corrected chi connectivity index (χ4v) is 3.91. The first kappa shape index (κ1) is 16.3. The number of halogens is 1. The third-order valence-corrected chi connectivity index (χ3v) is 5.12. The number of carbonyl (C=O) groups excluding carboxylic acids is 2. The van der Waals surface area contributed by atoms with E-state index in [1.54, 1.807) is 49.5 Å². The van der Waals surface area contributed by atoms with Crippen LogP contribution in [0.1, 0.15) is 11.6 Å². The molecule has 2 heterocycles. The number of aromatic hydroxyl groups is 1. The van der Waals surface area contributed by atoms with Crippen LogP contribution in [-0.4, -0.2) is 35.1 Å². The fourth-order valence-electron chi connectivity index (χ4n) is 3.53. The maximum Gasteiger partial charge on any atom is 0.265 e. The smallest absolute Gasteiger partial charge is 0.265 e. The topological polar surface area (TPSA) is 70.1 Å². The lowest BCUT2D eigenvalue weighted by Gasteiger charge is -2.24. The number of rotatable bonds is 2. The van der Waals surface area contributed by atoms with Crippen LogP contribution < -0.4 is 4.90 Å². The molecular weight excluding hydrogens is 388 g/mol. The Labute approximate surface area is 152 Å². The van der Waals surface area contributed by atoms with Gasteiger partial charge in [0.2, 0.25) is 5.91 Å². The van der Waals surface area contributed by atoms with Crippen molar-refractivity contribution in [1.29, 1.82) is 0 Å². The molecule has 0 spiro atoms. The van der Waals surface area contributed by atoms with Gasteiger partial charge >= 0.3 is 0 Å². The lowest BCUT2D eigenvalue weighted by Crippen LogP contribution is -2.36. The van der Waals surface area contributed by atoms with Crippen molar-refractivity contribution in [2.45, 2.75) is 12.1 Å². The van der Waals surface area contributed by atoms with Crippen molar-refractivity contribution in [3.8, 4) is 5.75 Å². The number of anilines is 1. The number of nitrogens with zero attached hydrogens (tertiary/aromatic N) is 2. The van der Waals surface area contributed by atoms with Crippen LogP contribution in [0.25, 0.3) is 0 Å². The molecular formula is C18H15BrN2O4. The second-order valence-electron chi connectivity index (χ2n) is 6.09. The zero-order valence-corrected chi connectivity index (χ0v) is 14.9. The molecule has 7 heteroatoms. The molecule has 0 radical (unpaired) electrons. The van der Waals surface area contributed by atoms with Gasteiger partial charge in [-0.25, -0.2) is 4.90 Å². The van der Waals surface area contributed by atoms with E-state index in [0.29, 0.717) is 11.3 Å². The maximum atomic E-state index is 13.0. The molecule has 2 aromatic carbocycles. The lowest BCUT2D eigenvalue weighted by molar-refractivity contribution is -0.160. The summed E-state index contributed by atoms with van der Waals surface area (Å²) >= 11 is 3.38. The average molecular weight is 403 g/mol. The molecule has 0 aromatic heterocycles. The summed E-state index contributed by atoms with van der Waals surface area (Å²) in [7, 11) is 1.66. The lowest BCUT2D eigenvalue weighted by atomic mass is 9.90. The molecule has 25 heavy (non-hydrogen) atoms. The Balaban J connectivity index is 1.76. The Morgan fingerprint density at radius 1 is 1.08 bits per heavy atom. The minimum absolute atomic E-state index is 0.0581. The third kappa shape index (κ3) is 2.47. The highest BCUT2D eigenvalue weighted by molar-refractivity contribution is 9.10. The zero-order chi connectivity index (χ0) is 17.7. The second kappa shape index (κ2) is 5.94. The summed E-state index contributed by atoms with van der Waals surface area (Å²) in [4.78, 5) is 32.6. The van der Waals surface area contributed by atoms with Gasteiger partial charge in [-0.1, -0.05) is 34.1 Å². The molecule has 2 aromatic rings. The summed E-state index contributed by atoms with van der Waals surface area (Å²) in [5.41, 5.74) is 1.07. The molecule has 128 valence electrons. The summed E-state index contributed by atoms with van der Waals surface area (Å²) < 4.78 is 0.772. The van der Waals surface area contributed by atoms with Crippen LogP contribution in [0, 0.1) is 5.92 Å². The van der Waals surface area contributed by atoms with Crippen LogP contribution in [0.5, 0.6) is 5.75 Å². The van der Waals surface area contributed by atoms with E-state index in [-0.39, 0.29) is 17.6 Å². The summed E-state index contributed by atoms with van der Waals surface area (Å²) in [5, 5.41) is 11.7. The van der Waals surface area contributed by atoms with Crippen LogP contribution in [0.2, 0.25) is 0 Å². The van der Waals surface area contributed by atoms with E-state index in [2.05, 4.69) is 15.9 Å². The fraction of sp³-hybridized carbons (Fsp3) is 0.222. The number of hydroxylamine groups is 2. The van der Waals surface area contributed by atoms with Crippen molar-refractivity contribution in [3.05, 3.63) is 58.6 Å². The monoisotopic (exact) mass is 402 g/mol. The number of hydrogen-bond donors (Lipinski definition) is 1. The largest absolute Gasteiger partial charge is 0.508 e. The number of phenols is 1. The number of phenolic OH excluding ortho intramolecular Hbond substituents is 1. The molecule has 2 aliphatic heterocycles. The van der Waals surface area contributed by atoms with Gasteiger partial charge in [-0.2, -0.15) is 5.06 Å². The van der Waals surface area contributed by atoms with Gasteiger partial charge in [0.15, 0.2) is 6.10 Å². The normalized spacial score (nSPS) is 26.3. The molecule has 0 aliphatic carbocycles. The number of para-hydroxylation sites is 1. The third-order valence-electron chi connectivity index (χ3n) is 4.63. The maximum absolute atomic E-state index is 13.0. The molecule has 3 unspecified atom stereocenters. The Kier molecular flexibility index (Phi) is 3.87. The SMILES string of the molecule is CN1OC2C(=O)N(c3ccccc3)C(=O)C2C1c1cc(Br)ccc1O. The predicted octanol–water partition coefficient (Wildman–Crippen LogP) is 2.63. The van der Waals surface area contributed by atoms with Crippen molar-refractivity contribution >= 4 is 33.4 Å². The highest BCUT2D eigenvalue weighted by atomic mass is 79.9. The first-order valence-electron chi connectivity index (χ1n) is 7.80. The minimum atomic E-state index is -0.888. The van der Waals surface area contributed by atoms with E-state index < -0.39 is 18.1 Å². The van der Waals surface area contributed by atoms with E-state index in [9.17, 15) is 14.7 Å². The quantitative estimate of drug-likeness (QED) is 0.781. The predicted molar refractivity (Wildman–Crippen MR) is 93.6 cm³/mol. The van der Waals surface area contributed by atoms with Gasteiger partial charge in [0.05, 0.1) is 17.6 Å². The van der Waals surface area contributed by atoms with Gasteiger partial charge in [-0.15, -0.1) is 0 Å². The average Bonchev–Trinajstić information content (AvgIpc) is 3.05. The molecule has 2 fully saturated rings. The van der Waals surface area contributed by atoms with Crippen LogP contribution in [0.15, 0.2) is 53.0 Å². The number of fused-ring (bicyclic) bond motifs is 1. The molecule has 0 bridgehead atoms. The van der Waals surface area contributed by atoms with Crippen LogP contribution in [0.4, 0.5) is 5.69 Å².